The molecule has 2 atom stereocenters. The van der Waals surface area contributed by atoms with Crippen LogP contribution in [0.5, 0.6) is 0 Å². The van der Waals surface area contributed by atoms with Gasteiger partial charge in [-0.05, 0) is 74.9 Å². The summed E-state index contributed by atoms with van der Waals surface area (Å²) in [6, 6.07) is 17.5. The van der Waals surface area contributed by atoms with Crippen LogP contribution >= 0.6 is 0 Å². The lowest BCUT2D eigenvalue weighted by Crippen LogP contribution is -2.26. The number of para-hydroxylation sites is 2. The Hall–Kier alpha value is -3.80. The minimum atomic E-state index is 0.425. The average Bonchev–Trinajstić information content (AvgIpc) is 3.38. The van der Waals surface area contributed by atoms with Crippen molar-refractivity contribution in [2.45, 2.75) is 52.6 Å². The summed E-state index contributed by atoms with van der Waals surface area (Å²) in [5, 5.41) is 0. The SMILES string of the molecule is Cc1cccc2c1N(c1ncccn1)[C@@H](C)C2.Cc1cccc2c1N(c1ncccn1)[C@H](C)C2. The Kier molecular flexibility index (Phi) is 5.97. The molecule has 6 rings (SSSR count). The van der Waals surface area contributed by atoms with Gasteiger partial charge in [0.15, 0.2) is 0 Å². The van der Waals surface area contributed by atoms with Gasteiger partial charge in [-0.2, -0.15) is 0 Å². The van der Waals surface area contributed by atoms with E-state index in [1.807, 2.05) is 12.1 Å². The molecule has 0 N–H and O–H groups in total. The van der Waals surface area contributed by atoms with E-state index in [1.165, 1.54) is 33.6 Å². The third-order valence-corrected chi connectivity index (χ3v) is 6.57. The van der Waals surface area contributed by atoms with Crippen molar-refractivity contribution in [1.82, 2.24) is 19.9 Å². The van der Waals surface area contributed by atoms with Crippen LogP contribution in [0.15, 0.2) is 73.3 Å². The zero-order chi connectivity index (χ0) is 23.7. The summed E-state index contributed by atoms with van der Waals surface area (Å²) in [6.45, 7) is 8.73. The molecule has 0 saturated carbocycles. The molecule has 0 bridgehead atoms. The van der Waals surface area contributed by atoms with E-state index in [0.717, 1.165) is 24.7 Å². The molecule has 0 spiro atoms. The molecule has 0 fully saturated rings. The minimum absolute atomic E-state index is 0.425. The summed E-state index contributed by atoms with van der Waals surface area (Å²) < 4.78 is 0. The van der Waals surface area contributed by atoms with Crippen LogP contribution in [-0.2, 0) is 12.8 Å². The van der Waals surface area contributed by atoms with Gasteiger partial charge in [0.25, 0.3) is 0 Å². The Morgan fingerprint density at radius 3 is 1.35 bits per heavy atom. The van der Waals surface area contributed by atoms with Gasteiger partial charge in [0.2, 0.25) is 11.9 Å². The highest BCUT2D eigenvalue weighted by atomic mass is 15.3. The molecule has 0 amide bonds. The van der Waals surface area contributed by atoms with E-state index in [9.17, 15) is 0 Å². The fourth-order valence-corrected chi connectivity index (χ4v) is 5.14. The molecule has 4 heterocycles. The summed E-state index contributed by atoms with van der Waals surface area (Å²) in [4.78, 5) is 21.9. The zero-order valence-electron chi connectivity index (χ0n) is 20.2. The first kappa shape index (κ1) is 22.0. The van der Waals surface area contributed by atoms with Gasteiger partial charge in [0.05, 0.1) is 11.4 Å². The van der Waals surface area contributed by atoms with Crippen molar-refractivity contribution in [2.75, 3.05) is 9.80 Å². The first-order valence-corrected chi connectivity index (χ1v) is 11.8. The summed E-state index contributed by atoms with van der Waals surface area (Å²) in [6.07, 6.45) is 9.32. The van der Waals surface area contributed by atoms with Crippen LogP contribution in [0.25, 0.3) is 0 Å². The van der Waals surface area contributed by atoms with Crippen molar-refractivity contribution >= 4 is 23.3 Å². The molecule has 2 aliphatic rings. The van der Waals surface area contributed by atoms with Gasteiger partial charge < -0.3 is 9.80 Å². The van der Waals surface area contributed by atoms with E-state index in [4.69, 9.17) is 0 Å². The number of rotatable bonds is 2. The van der Waals surface area contributed by atoms with Crippen LogP contribution in [0.3, 0.4) is 0 Å². The lowest BCUT2D eigenvalue weighted by atomic mass is 10.1. The molecule has 6 heteroatoms. The maximum Gasteiger partial charge on any atom is 0.230 e. The third kappa shape index (κ3) is 4.00. The Morgan fingerprint density at radius 2 is 0.971 bits per heavy atom. The zero-order valence-corrected chi connectivity index (χ0v) is 20.2. The van der Waals surface area contributed by atoms with Crippen LogP contribution in [0.2, 0.25) is 0 Å². The fourth-order valence-electron chi connectivity index (χ4n) is 5.14. The first-order chi connectivity index (χ1) is 16.5. The van der Waals surface area contributed by atoms with E-state index in [-0.39, 0.29) is 0 Å². The van der Waals surface area contributed by atoms with Crippen molar-refractivity contribution in [3.63, 3.8) is 0 Å². The number of anilines is 4. The number of hydrogen-bond donors (Lipinski definition) is 0. The molecule has 2 aromatic heterocycles. The second-order valence-corrected chi connectivity index (χ2v) is 9.11. The van der Waals surface area contributed by atoms with Crippen molar-refractivity contribution in [3.8, 4) is 0 Å². The lowest BCUT2D eigenvalue weighted by Gasteiger charge is -2.23. The van der Waals surface area contributed by atoms with Crippen LogP contribution in [0.1, 0.15) is 36.1 Å². The molecule has 172 valence electrons. The second-order valence-electron chi connectivity index (χ2n) is 9.11. The molecule has 34 heavy (non-hydrogen) atoms. The number of aryl methyl sites for hydroxylation is 2. The summed E-state index contributed by atoms with van der Waals surface area (Å²) >= 11 is 0. The smallest absolute Gasteiger partial charge is 0.230 e. The molecule has 2 aliphatic heterocycles. The average molecular weight is 451 g/mol. The monoisotopic (exact) mass is 450 g/mol. The quantitative estimate of drug-likeness (QED) is 0.388. The molecular formula is C28H30N6. The van der Waals surface area contributed by atoms with Gasteiger partial charge in [-0.25, -0.2) is 19.9 Å². The van der Waals surface area contributed by atoms with Crippen molar-refractivity contribution in [2.24, 2.45) is 0 Å². The molecule has 0 unspecified atom stereocenters. The molecule has 6 nitrogen and oxygen atoms in total. The van der Waals surface area contributed by atoms with Crippen molar-refractivity contribution < 1.29 is 0 Å². The predicted molar refractivity (Wildman–Crippen MR) is 137 cm³/mol. The number of hydrogen-bond acceptors (Lipinski definition) is 6. The summed E-state index contributed by atoms with van der Waals surface area (Å²) in [5.74, 6) is 1.60. The number of nitrogens with zero attached hydrogens (tertiary/aromatic N) is 6. The maximum absolute atomic E-state index is 4.37. The topological polar surface area (TPSA) is 58.0 Å². The molecule has 2 aromatic carbocycles. The van der Waals surface area contributed by atoms with Gasteiger partial charge in [0.1, 0.15) is 0 Å². The van der Waals surface area contributed by atoms with E-state index in [1.54, 1.807) is 24.8 Å². The Balaban J connectivity index is 0.000000142. The van der Waals surface area contributed by atoms with Gasteiger partial charge in [-0.1, -0.05) is 36.4 Å². The van der Waals surface area contributed by atoms with E-state index < -0.39 is 0 Å². The lowest BCUT2D eigenvalue weighted by molar-refractivity contribution is 0.738. The van der Waals surface area contributed by atoms with Gasteiger partial charge >= 0.3 is 0 Å². The van der Waals surface area contributed by atoms with E-state index in [0.29, 0.717) is 12.1 Å². The highest BCUT2D eigenvalue weighted by Gasteiger charge is 2.30. The van der Waals surface area contributed by atoms with Crippen molar-refractivity contribution in [3.05, 3.63) is 95.6 Å². The number of aromatic nitrogens is 4. The molecule has 0 radical (unpaired) electrons. The summed E-state index contributed by atoms with van der Waals surface area (Å²) in [5.41, 5.74) is 7.94. The Bertz CT molecular complexity index is 1170. The Morgan fingerprint density at radius 1 is 0.588 bits per heavy atom. The van der Waals surface area contributed by atoms with Gasteiger partial charge in [-0.15, -0.1) is 0 Å². The van der Waals surface area contributed by atoms with Crippen LogP contribution in [0, 0.1) is 13.8 Å². The third-order valence-electron chi connectivity index (χ3n) is 6.57. The normalized spacial score (nSPS) is 18.2. The predicted octanol–water partition coefficient (Wildman–Crippen LogP) is 5.74. The van der Waals surface area contributed by atoms with Crippen LogP contribution < -0.4 is 9.80 Å². The van der Waals surface area contributed by atoms with Crippen molar-refractivity contribution in [1.29, 1.82) is 0 Å². The highest BCUT2D eigenvalue weighted by Crippen LogP contribution is 2.39. The number of fused-ring (bicyclic) bond motifs is 2. The van der Waals surface area contributed by atoms with Gasteiger partial charge in [0, 0.05) is 36.9 Å². The number of benzene rings is 2. The molecule has 4 aromatic rings. The van der Waals surface area contributed by atoms with Gasteiger partial charge in [-0.3, -0.25) is 0 Å². The fraction of sp³-hybridized carbons (Fsp3) is 0.286. The minimum Gasteiger partial charge on any atom is -0.307 e. The van der Waals surface area contributed by atoms with Crippen LogP contribution in [0.4, 0.5) is 23.3 Å². The molecule has 0 aliphatic carbocycles. The largest absolute Gasteiger partial charge is 0.307 e. The maximum atomic E-state index is 4.37. The molecular weight excluding hydrogens is 420 g/mol. The molecule has 0 saturated heterocycles. The Labute approximate surface area is 201 Å². The van der Waals surface area contributed by atoms with E-state index >= 15 is 0 Å². The highest BCUT2D eigenvalue weighted by molar-refractivity contribution is 5.71. The van der Waals surface area contributed by atoms with E-state index in [2.05, 4.69) is 93.8 Å². The van der Waals surface area contributed by atoms with Crippen LogP contribution in [-0.4, -0.2) is 32.0 Å². The standard InChI is InChI=1S/2C14H15N3/c2*1-10-5-3-6-12-9-11(2)17(13(10)12)14-15-7-4-8-16-14/h2*3-8,11H,9H2,1-2H3/t2*11-/m10/s1. The second kappa shape index (κ2) is 9.21. The first-order valence-electron chi connectivity index (χ1n) is 11.8. The summed E-state index contributed by atoms with van der Waals surface area (Å²) in [7, 11) is 0.